The molecule has 0 heterocycles. The number of hydrogen-bond donors (Lipinski definition) is 0. The molecular weight excluding hydrogens is 343 g/mol. The number of amides is 1. The fourth-order valence-corrected chi connectivity index (χ4v) is 2.83. The standard InChI is InChI=1S/C19H22Cl2N2O/c1-22(2)10-11-23(14-15-6-4-3-5-7-15)19(24)12-16-8-9-17(20)13-18(16)21/h3-9,13H,10-12,14H2,1-2H3. The third kappa shape index (κ3) is 5.82. The largest absolute Gasteiger partial charge is 0.337 e. The van der Waals surface area contributed by atoms with Crippen molar-refractivity contribution in [1.82, 2.24) is 9.80 Å². The van der Waals surface area contributed by atoms with E-state index in [4.69, 9.17) is 23.2 Å². The van der Waals surface area contributed by atoms with Crippen LogP contribution in [0.2, 0.25) is 10.0 Å². The molecular formula is C19H22Cl2N2O. The topological polar surface area (TPSA) is 23.6 Å². The minimum atomic E-state index is 0.0601. The summed E-state index contributed by atoms with van der Waals surface area (Å²) in [5.74, 6) is 0.0601. The number of hydrogen-bond acceptors (Lipinski definition) is 2. The summed E-state index contributed by atoms with van der Waals surface area (Å²) in [5, 5.41) is 1.10. The van der Waals surface area contributed by atoms with Crippen molar-refractivity contribution >= 4 is 29.1 Å². The Hall–Kier alpha value is -1.55. The van der Waals surface area contributed by atoms with Crippen molar-refractivity contribution in [2.75, 3.05) is 27.2 Å². The first-order chi connectivity index (χ1) is 11.5. The van der Waals surface area contributed by atoms with E-state index in [1.807, 2.05) is 55.4 Å². The zero-order chi connectivity index (χ0) is 17.5. The van der Waals surface area contributed by atoms with E-state index in [9.17, 15) is 4.79 Å². The highest BCUT2D eigenvalue weighted by Gasteiger charge is 2.16. The van der Waals surface area contributed by atoms with Crippen molar-refractivity contribution in [1.29, 1.82) is 0 Å². The summed E-state index contributed by atoms with van der Waals surface area (Å²) in [6.45, 7) is 2.08. The summed E-state index contributed by atoms with van der Waals surface area (Å²) >= 11 is 12.1. The minimum absolute atomic E-state index is 0.0601. The van der Waals surface area contributed by atoms with E-state index < -0.39 is 0 Å². The zero-order valence-corrected chi connectivity index (χ0v) is 15.5. The summed E-state index contributed by atoms with van der Waals surface area (Å²) in [6.07, 6.45) is 0.274. The van der Waals surface area contributed by atoms with Gasteiger partial charge in [-0.05, 0) is 37.4 Å². The van der Waals surface area contributed by atoms with E-state index in [0.29, 0.717) is 23.1 Å². The SMILES string of the molecule is CN(C)CCN(Cc1ccccc1)C(=O)Cc1ccc(Cl)cc1Cl. The van der Waals surface area contributed by atoms with Crippen LogP contribution in [-0.4, -0.2) is 42.9 Å². The lowest BCUT2D eigenvalue weighted by atomic mass is 10.1. The van der Waals surface area contributed by atoms with Crippen LogP contribution >= 0.6 is 23.2 Å². The molecule has 0 aliphatic heterocycles. The monoisotopic (exact) mass is 364 g/mol. The molecule has 3 nitrogen and oxygen atoms in total. The fraction of sp³-hybridized carbons (Fsp3) is 0.316. The van der Waals surface area contributed by atoms with Crippen molar-refractivity contribution in [2.24, 2.45) is 0 Å². The molecule has 0 unspecified atom stereocenters. The van der Waals surface area contributed by atoms with Gasteiger partial charge in [-0.15, -0.1) is 0 Å². The summed E-state index contributed by atoms with van der Waals surface area (Å²) in [7, 11) is 4.00. The molecule has 0 saturated carbocycles. The van der Waals surface area contributed by atoms with E-state index in [2.05, 4.69) is 4.90 Å². The average molecular weight is 365 g/mol. The molecule has 0 aromatic heterocycles. The van der Waals surface area contributed by atoms with E-state index in [1.54, 1.807) is 12.1 Å². The molecule has 0 bridgehead atoms. The molecule has 0 radical (unpaired) electrons. The van der Waals surface area contributed by atoms with E-state index in [-0.39, 0.29) is 12.3 Å². The summed E-state index contributed by atoms with van der Waals surface area (Å²) < 4.78 is 0. The molecule has 5 heteroatoms. The molecule has 2 aromatic carbocycles. The maximum Gasteiger partial charge on any atom is 0.227 e. The fourth-order valence-electron chi connectivity index (χ4n) is 2.36. The molecule has 2 rings (SSSR count). The summed E-state index contributed by atoms with van der Waals surface area (Å²) in [6, 6.07) is 15.3. The van der Waals surface area contributed by atoms with Crippen molar-refractivity contribution in [3.63, 3.8) is 0 Å². The van der Waals surface area contributed by atoms with Crippen LogP contribution in [0.15, 0.2) is 48.5 Å². The van der Waals surface area contributed by atoms with Gasteiger partial charge < -0.3 is 9.80 Å². The number of halogens is 2. The van der Waals surface area contributed by atoms with Crippen LogP contribution < -0.4 is 0 Å². The lowest BCUT2D eigenvalue weighted by Crippen LogP contribution is -2.37. The van der Waals surface area contributed by atoms with Crippen LogP contribution in [0.1, 0.15) is 11.1 Å². The van der Waals surface area contributed by atoms with Crippen molar-refractivity contribution in [2.45, 2.75) is 13.0 Å². The molecule has 0 fully saturated rings. The molecule has 1 amide bonds. The number of carbonyl (C=O) groups excluding carboxylic acids is 1. The quantitative estimate of drug-likeness (QED) is 0.737. The molecule has 0 atom stereocenters. The molecule has 0 spiro atoms. The predicted molar refractivity (Wildman–Crippen MR) is 101 cm³/mol. The third-order valence-electron chi connectivity index (χ3n) is 3.74. The molecule has 0 N–H and O–H groups in total. The Balaban J connectivity index is 2.10. The Morgan fingerprint density at radius 3 is 2.33 bits per heavy atom. The van der Waals surface area contributed by atoms with Crippen molar-refractivity contribution in [3.05, 3.63) is 69.7 Å². The van der Waals surface area contributed by atoms with Gasteiger partial charge in [0.25, 0.3) is 0 Å². The van der Waals surface area contributed by atoms with Crippen LogP contribution in [0.5, 0.6) is 0 Å². The highest BCUT2D eigenvalue weighted by molar-refractivity contribution is 6.35. The highest BCUT2D eigenvalue weighted by atomic mass is 35.5. The molecule has 0 aliphatic rings. The Bertz CT molecular complexity index is 674. The van der Waals surface area contributed by atoms with Gasteiger partial charge in [0.2, 0.25) is 5.91 Å². The Morgan fingerprint density at radius 2 is 1.71 bits per heavy atom. The summed E-state index contributed by atoms with van der Waals surface area (Å²) in [5.41, 5.74) is 1.92. The van der Waals surface area contributed by atoms with Gasteiger partial charge in [-0.25, -0.2) is 0 Å². The maximum absolute atomic E-state index is 12.8. The number of benzene rings is 2. The van der Waals surface area contributed by atoms with Gasteiger partial charge in [-0.1, -0.05) is 59.6 Å². The van der Waals surface area contributed by atoms with Crippen LogP contribution in [0.4, 0.5) is 0 Å². The normalized spacial score (nSPS) is 10.9. The number of likely N-dealkylation sites (N-methyl/N-ethyl adjacent to an activating group) is 1. The van der Waals surface area contributed by atoms with Gasteiger partial charge in [0.1, 0.15) is 0 Å². The van der Waals surface area contributed by atoms with Crippen molar-refractivity contribution in [3.8, 4) is 0 Å². The second kappa shape index (κ2) is 9.07. The second-order valence-corrected chi connectivity index (χ2v) is 6.86. The second-order valence-electron chi connectivity index (χ2n) is 6.02. The van der Waals surface area contributed by atoms with E-state index in [1.165, 1.54) is 0 Å². The van der Waals surface area contributed by atoms with Gasteiger partial charge in [-0.2, -0.15) is 0 Å². The van der Waals surface area contributed by atoms with Crippen LogP contribution in [-0.2, 0) is 17.8 Å². The third-order valence-corrected chi connectivity index (χ3v) is 4.33. The molecule has 0 aliphatic carbocycles. The van der Waals surface area contributed by atoms with E-state index in [0.717, 1.165) is 17.7 Å². The summed E-state index contributed by atoms with van der Waals surface area (Å²) in [4.78, 5) is 16.7. The lowest BCUT2D eigenvalue weighted by Gasteiger charge is -2.25. The maximum atomic E-state index is 12.8. The van der Waals surface area contributed by atoms with Gasteiger partial charge in [0.15, 0.2) is 0 Å². The van der Waals surface area contributed by atoms with Crippen LogP contribution in [0.3, 0.4) is 0 Å². The van der Waals surface area contributed by atoms with Crippen molar-refractivity contribution < 1.29 is 4.79 Å². The Labute approximate surface area is 153 Å². The first-order valence-electron chi connectivity index (χ1n) is 7.86. The first-order valence-corrected chi connectivity index (χ1v) is 8.61. The molecule has 0 saturated heterocycles. The zero-order valence-electron chi connectivity index (χ0n) is 14.0. The molecule has 24 heavy (non-hydrogen) atoms. The Morgan fingerprint density at radius 1 is 1.00 bits per heavy atom. The van der Waals surface area contributed by atoms with Gasteiger partial charge in [0.05, 0.1) is 6.42 Å². The van der Waals surface area contributed by atoms with Crippen LogP contribution in [0, 0.1) is 0 Å². The predicted octanol–water partition coefficient (Wildman–Crippen LogP) is 4.13. The Kier molecular flexibility index (Phi) is 7.10. The smallest absolute Gasteiger partial charge is 0.227 e. The van der Waals surface area contributed by atoms with Gasteiger partial charge >= 0.3 is 0 Å². The number of carbonyl (C=O) groups is 1. The number of nitrogens with zero attached hydrogens (tertiary/aromatic N) is 2. The van der Waals surface area contributed by atoms with E-state index >= 15 is 0 Å². The minimum Gasteiger partial charge on any atom is -0.337 e. The first kappa shape index (κ1) is 18.8. The van der Waals surface area contributed by atoms with Gasteiger partial charge in [0, 0.05) is 29.7 Å². The molecule has 128 valence electrons. The molecule has 2 aromatic rings. The van der Waals surface area contributed by atoms with Gasteiger partial charge in [-0.3, -0.25) is 4.79 Å². The number of rotatable bonds is 7. The average Bonchev–Trinajstić information content (AvgIpc) is 2.54. The highest BCUT2D eigenvalue weighted by Crippen LogP contribution is 2.22. The van der Waals surface area contributed by atoms with Crippen LogP contribution in [0.25, 0.3) is 0 Å². The lowest BCUT2D eigenvalue weighted by molar-refractivity contribution is -0.131.